The molecule has 0 rings (SSSR count). The van der Waals surface area contributed by atoms with Crippen LogP contribution in [0.2, 0.25) is 0 Å². The predicted molar refractivity (Wildman–Crippen MR) is 58.1 cm³/mol. The van der Waals surface area contributed by atoms with Gasteiger partial charge < -0.3 is 5.73 Å². The minimum Gasteiger partial charge on any atom is -0.330 e. The number of nitrogens with two attached hydrogens (primary N) is 1. The summed E-state index contributed by atoms with van der Waals surface area (Å²) >= 11 is 0. The van der Waals surface area contributed by atoms with Gasteiger partial charge in [0.1, 0.15) is 0 Å². The van der Waals surface area contributed by atoms with Crippen LogP contribution in [0.25, 0.3) is 0 Å². The second-order valence-electron chi connectivity index (χ2n) is 4.03. The summed E-state index contributed by atoms with van der Waals surface area (Å²) in [6, 6.07) is 0. The normalized spacial score (nSPS) is 13.1. The van der Waals surface area contributed by atoms with Gasteiger partial charge in [0.25, 0.3) is 10.2 Å². The van der Waals surface area contributed by atoms with Crippen molar-refractivity contribution in [2.24, 2.45) is 11.1 Å². The van der Waals surface area contributed by atoms with Crippen LogP contribution in [-0.2, 0) is 10.2 Å². The van der Waals surface area contributed by atoms with E-state index in [0.717, 1.165) is 6.42 Å². The third-order valence-corrected chi connectivity index (χ3v) is 3.09. The van der Waals surface area contributed by atoms with E-state index in [9.17, 15) is 8.42 Å². The number of hydrogen-bond acceptors (Lipinski definition) is 3. The number of nitrogens with one attached hydrogen (secondary N) is 2. The lowest BCUT2D eigenvalue weighted by molar-refractivity contribution is 0.339. The first-order chi connectivity index (χ1) is 6.33. The summed E-state index contributed by atoms with van der Waals surface area (Å²) in [5.74, 6) is 0. The van der Waals surface area contributed by atoms with Crippen LogP contribution in [-0.4, -0.2) is 28.1 Å². The van der Waals surface area contributed by atoms with Crippen molar-refractivity contribution in [1.82, 2.24) is 9.44 Å². The first-order valence-corrected chi connectivity index (χ1v) is 6.25. The fourth-order valence-corrected chi connectivity index (χ4v) is 2.07. The van der Waals surface area contributed by atoms with E-state index < -0.39 is 10.2 Å². The van der Waals surface area contributed by atoms with Crippen molar-refractivity contribution >= 4 is 10.2 Å². The Labute approximate surface area is 86.6 Å². The first-order valence-electron chi connectivity index (χ1n) is 4.77. The molecule has 0 heterocycles. The third kappa shape index (κ3) is 6.31. The van der Waals surface area contributed by atoms with E-state index in [2.05, 4.69) is 9.44 Å². The van der Waals surface area contributed by atoms with Gasteiger partial charge in [-0.1, -0.05) is 20.8 Å². The predicted octanol–water partition coefficient (Wildman–Crippen LogP) is -0.195. The largest absolute Gasteiger partial charge is 0.330 e. The summed E-state index contributed by atoms with van der Waals surface area (Å²) in [4.78, 5) is 0. The van der Waals surface area contributed by atoms with Crippen LogP contribution in [0.4, 0.5) is 0 Å². The molecule has 0 saturated carbocycles. The van der Waals surface area contributed by atoms with Crippen molar-refractivity contribution in [1.29, 1.82) is 0 Å². The van der Waals surface area contributed by atoms with Crippen molar-refractivity contribution in [2.45, 2.75) is 27.2 Å². The van der Waals surface area contributed by atoms with Crippen molar-refractivity contribution in [3.63, 3.8) is 0 Å². The van der Waals surface area contributed by atoms with Gasteiger partial charge in [0, 0.05) is 13.1 Å². The molecule has 6 heteroatoms. The van der Waals surface area contributed by atoms with E-state index in [1.54, 1.807) is 6.92 Å². The summed E-state index contributed by atoms with van der Waals surface area (Å²) in [7, 11) is -3.32. The molecule has 0 saturated heterocycles. The van der Waals surface area contributed by atoms with Gasteiger partial charge in [0.05, 0.1) is 0 Å². The molecule has 4 N–H and O–H groups in total. The number of rotatable bonds is 7. The van der Waals surface area contributed by atoms with Crippen molar-refractivity contribution in [3.8, 4) is 0 Å². The average Bonchev–Trinajstić information content (AvgIpc) is 2.01. The molecule has 0 aromatic rings. The Balaban J connectivity index is 4.04. The summed E-state index contributed by atoms with van der Waals surface area (Å²) in [5, 5.41) is 0. The molecule has 0 spiro atoms. The molecule has 0 unspecified atom stereocenters. The number of hydrogen-bond donors (Lipinski definition) is 3. The zero-order valence-corrected chi connectivity index (χ0v) is 9.95. The van der Waals surface area contributed by atoms with Crippen LogP contribution in [0.5, 0.6) is 0 Å². The molecule has 0 aliphatic heterocycles. The Bertz CT molecular complexity index is 249. The van der Waals surface area contributed by atoms with Crippen LogP contribution < -0.4 is 15.2 Å². The van der Waals surface area contributed by atoms with Crippen molar-refractivity contribution < 1.29 is 8.42 Å². The van der Waals surface area contributed by atoms with Gasteiger partial charge >= 0.3 is 0 Å². The maximum Gasteiger partial charge on any atom is 0.276 e. The van der Waals surface area contributed by atoms with E-state index in [1.165, 1.54) is 0 Å². The highest BCUT2D eigenvalue weighted by Gasteiger charge is 2.19. The van der Waals surface area contributed by atoms with E-state index in [0.29, 0.717) is 19.6 Å². The molecule has 0 amide bonds. The quantitative estimate of drug-likeness (QED) is 0.559. The zero-order valence-electron chi connectivity index (χ0n) is 9.13. The van der Waals surface area contributed by atoms with Crippen LogP contribution in [0.15, 0.2) is 0 Å². The minimum absolute atomic E-state index is 0.1000. The minimum atomic E-state index is -3.32. The van der Waals surface area contributed by atoms with Crippen LogP contribution in [0.1, 0.15) is 27.2 Å². The van der Waals surface area contributed by atoms with Gasteiger partial charge in [-0.25, -0.2) is 9.44 Å². The Morgan fingerprint density at radius 1 is 1.29 bits per heavy atom. The van der Waals surface area contributed by atoms with Crippen molar-refractivity contribution in [2.75, 3.05) is 19.6 Å². The lowest BCUT2D eigenvalue weighted by Crippen LogP contribution is -2.41. The molecule has 0 aliphatic rings. The van der Waals surface area contributed by atoms with E-state index >= 15 is 0 Å². The van der Waals surface area contributed by atoms with Crippen LogP contribution >= 0.6 is 0 Å². The Morgan fingerprint density at radius 3 is 2.29 bits per heavy atom. The first kappa shape index (κ1) is 13.8. The molecule has 86 valence electrons. The van der Waals surface area contributed by atoms with E-state index in [1.807, 2.05) is 13.8 Å². The maximum atomic E-state index is 11.2. The lowest BCUT2D eigenvalue weighted by Gasteiger charge is -2.23. The topological polar surface area (TPSA) is 84.2 Å². The molecule has 5 nitrogen and oxygen atoms in total. The van der Waals surface area contributed by atoms with Gasteiger partial charge in [-0.3, -0.25) is 0 Å². The molecular formula is C8H21N3O2S. The SMILES string of the molecule is CCNS(=O)(=O)NCC(C)(C)CCN. The highest BCUT2D eigenvalue weighted by Crippen LogP contribution is 2.17. The summed E-state index contributed by atoms with van der Waals surface area (Å²) in [6.45, 7) is 7.06. The summed E-state index contributed by atoms with van der Waals surface area (Å²) in [6.07, 6.45) is 0.793. The molecule has 0 fully saturated rings. The fourth-order valence-electron chi connectivity index (χ4n) is 1.01. The van der Waals surface area contributed by atoms with E-state index in [-0.39, 0.29) is 5.41 Å². The molecule has 0 atom stereocenters. The van der Waals surface area contributed by atoms with Gasteiger partial charge in [0.15, 0.2) is 0 Å². The molecule has 14 heavy (non-hydrogen) atoms. The smallest absolute Gasteiger partial charge is 0.276 e. The highest BCUT2D eigenvalue weighted by atomic mass is 32.2. The van der Waals surface area contributed by atoms with Crippen LogP contribution in [0.3, 0.4) is 0 Å². The summed E-state index contributed by atoms with van der Waals surface area (Å²) < 4.78 is 27.3. The molecule has 0 aromatic carbocycles. The van der Waals surface area contributed by atoms with Gasteiger partial charge in [-0.05, 0) is 18.4 Å². The van der Waals surface area contributed by atoms with Gasteiger partial charge in [0.2, 0.25) is 0 Å². The lowest BCUT2D eigenvalue weighted by atomic mass is 9.90. The Hall–Kier alpha value is -0.170. The van der Waals surface area contributed by atoms with Gasteiger partial charge in [-0.15, -0.1) is 0 Å². The second kappa shape index (κ2) is 5.65. The monoisotopic (exact) mass is 223 g/mol. The molecule has 0 aromatic heterocycles. The molecular weight excluding hydrogens is 202 g/mol. The average molecular weight is 223 g/mol. The zero-order chi connectivity index (χ0) is 11.2. The maximum absolute atomic E-state index is 11.2. The van der Waals surface area contributed by atoms with Crippen LogP contribution in [0, 0.1) is 5.41 Å². The second-order valence-corrected chi connectivity index (χ2v) is 5.61. The molecule has 0 aliphatic carbocycles. The van der Waals surface area contributed by atoms with E-state index in [4.69, 9.17) is 5.73 Å². The Morgan fingerprint density at radius 2 is 1.86 bits per heavy atom. The fraction of sp³-hybridized carbons (Fsp3) is 1.00. The highest BCUT2D eigenvalue weighted by molar-refractivity contribution is 7.87. The Kier molecular flexibility index (Phi) is 5.58. The molecule has 0 radical (unpaired) electrons. The summed E-state index contributed by atoms with van der Waals surface area (Å²) in [5.41, 5.74) is 5.32. The molecule has 0 bridgehead atoms. The van der Waals surface area contributed by atoms with Crippen molar-refractivity contribution in [3.05, 3.63) is 0 Å². The third-order valence-electron chi connectivity index (χ3n) is 1.90. The van der Waals surface area contributed by atoms with Gasteiger partial charge in [-0.2, -0.15) is 8.42 Å². The standard InChI is InChI=1S/C8H21N3O2S/c1-4-10-14(12,13)11-7-8(2,3)5-6-9/h10-11H,4-7,9H2,1-3H3.